The second-order valence-corrected chi connectivity index (χ2v) is 5.04. The van der Waals surface area contributed by atoms with Crippen molar-refractivity contribution >= 4 is 5.91 Å². The quantitative estimate of drug-likeness (QED) is 0.837. The van der Waals surface area contributed by atoms with Gasteiger partial charge in [0.2, 0.25) is 0 Å². The molecule has 0 saturated carbocycles. The first kappa shape index (κ1) is 13.9. The number of nitrogens with zero attached hydrogens (tertiary/aromatic N) is 1. The molecule has 1 aromatic carbocycles. The minimum atomic E-state index is -0.466. The number of carbonyl (C=O) groups excluding carboxylic acids is 1. The van der Waals surface area contributed by atoms with E-state index in [9.17, 15) is 4.79 Å². The van der Waals surface area contributed by atoms with Gasteiger partial charge in [-0.25, -0.2) is 0 Å². The molecule has 2 rings (SSSR count). The third-order valence-electron chi connectivity index (χ3n) is 3.20. The van der Waals surface area contributed by atoms with Gasteiger partial charge in [-0.15, -0.1) is 0 Å². The zero-order valence-electron chi connectivity index (χ0n) is 11.8. The molecule has 19 heavy (non-hydrogen) atoms. The lowest BCUT2D eigenvalue weighted by atomic mass is 10.2. The van der Waals surface area contributed by atoms with Crippen LogP contribution in [0.3, 0.4) is 0 Å². The molecule has 1 aromatic rings. The van der Waals surface area contributed by atoms with E-state index in [1.807, 2.05) is 43.0 Å². The fourth-order valence-electron chi connectivity index (χ4n) is 2.22. The Kier molecular flexibility index (Phi) is 4.43. The molecular formula is C15H21NO3. The van der Waals surface area contributed by atoms with E-state index in [4.69, 9.17) is 9.47 Å². The predicted octanol–water partition coefficient (Wildman–Crippen LogP) is 2.01. The van der Waals surface area contributed by atoms with Crippen molar-refractivity contribution < 1.29 is 14.3 Å². The van der Waals surface area contributed by atoms with Gasteiger partial charge >= 0.3 is 0 Å². The minimum absolute atomic E-state index is 0.0247. The van der Waals surface area contributed by atoms with Crippen molar-refractivity contribution in [3.63, 3.8) is 0 Å². The summed E-state index contributed by atoms with van der Waals surface area (Å²) in [6.07, 6.45) is -0.365. The van der Waals surface area contributed by atoms with E-state index in [1.165, 1.54) is 0 Å². The number of morpholine rings is 1. The topological polar surface area (TPSA) is 38.8 Å². The predicted molar refractivity (Wildman–Crippen MR) is 73.3 cm³/mol. The monoisotopic (exact) mass is 263 g/mol. The maximum absolute atomic E-state index is 12.3. The normalized spacial score (nSPS) is 21.0. The van der Waals surface area contributed by atoms with E-state index in [1.54, 1.807) is 6.92 Å². The number of benzene rings is 1. The van der Waals surface area contributed by atoms with Crippen molar-refractivity contribution in [3.05, 3.63) is 29.8 Å². The molecule has 4 nitrogen and oxygen atoms in total. The van der Waals surface area contributed by atoms with E-state index in [2.05, 4.69) is 0 Å². The first-order valence-corrected chi connectivity index (χ1v) is 6.70. The fourth-order valence-corrected chi connectivity index (χ4v) is 2.22. The Morgan fingerprint density at radius 3 is 3.00 bits per heavy atom. The Labute approximate surface area is 114 Å². The van der Waals surface area contributed by atoms with E-state index >= 15 is 0 Å². The zero-order valence-corrected chi connectivity index (χ0v) is 11.8. The molecule has 2 unspecified atom stereocenters. The van der Waals surface area contributed by atoms with Crippen LogP contribution >= 0.6 is 0 Å². The Morgan fingerprint density at radius 2 is 2.32 bits per heavy atom. The van der Waals surface area contributed by atoms with Crippen molar-refractivity contribution in [1.29, 1.82) is 0 Å². The van der Waals surface area contributed by atoms with Crippen LogP contribution in [0.2, 0.25) is 0 Å². The van der Waals surface area contributed by atoms with Gasteiger partial charge in [0.05, 0.1) is 12.7 Å². The van der Waals surface area contributed by atoms with Gasteiger partial charge in [0.15, 0.2) is 6.10 Å². The average Bonchev–Trinajstić information content (AvgIpc) is 2.38. The van der Waals surface area contributed by atoms with E-state index in [0.29, 0.717) is 19.7 Å². The maximum Gasteiger partial charge on any atom is 0.263 e. The smallest absolute Gasteiger partial charge is 0.263 e. The van der Waals surface area contributed by atoms with Crippen LogP contribution in [0.5, 0.6) is 5.75 Å². The average molecular weight is 263 g/mol. The standard InChI is InChI=1S/C15H21NO3/c1-11-5-4-6-14(9-11)19-13(3)15(17)16-7-8-18-12(2)10-16/h4-6,9,12-13H,7-8,10H2,1-3H3. The molecule has 1 aliphatic heterocycles. The highest BCUT2D eigenvalue weighted by Crippen LogP contribution is 2.16. The van der Waals surface area contributed by atoms with E-state index < -0.39 is 6.10 Å². The molecule has 1 saturated heterocycles. The number of amides is 1. The molecule has 0 aliphatic carbocycles. The molecule has 1 amide bonds. The summed E-state index contributed by atoms with van der Waals surface area (Å²) < 4.78 is 11.2. The zero-order chi connectivity index (χ0) is 13.8. The van der Waals surface area contributed by atoms with Crippen LogP contribution in [0.25, 0.3) is 0 Å². The lowest BCUT2D eigenvalue weighted by Gasteiger charge is -2.32. The fraction of sp³-hybridized carbons (Fsp3) is 0.533. The molecule has 0 spiro atoms. The summed E-state index contributed by atoms with van der Waals surface area (Å²) >= 11 is 0. The third-order valence-corrected chi connectivity index (χ3v) is 3.20. The summed E-state index contributed by atoms with van der Waals surface area (Å²) in [6, 6.07) is 7.74. The molecule has 1 fully saturated rings. The molecule has 2 atom stereocenters. The highest BCUT2D eigenvalue weighted by Gasteiger charge is 2.26. The van der Waals surface area contributed by atoms with Crippen LogP contribution in [0.15, 0.2) is 24.3 Å². The Hall–Kier alpha value is -1.55. The number of hydrogen-bond acceptors (Lipinski definition) is 3. The van der Waals surface area contributed by atoms with Crippen LogP contribution in [0, 0.1) is 6.92 Å². The van der Waals surface area contributed by atoms with Gasteiger partial charge in [0, 0.05) is 13.1 Å². The van der Waals surface area contributed by atoms with Crippen LogP contribution < -0.4 is 4.74 Å². The number of carbonyl (C=O) groups is 1. The highest BCUT2D eigenvalue weighted by atomic mass is 16.5. The molecule has 1 aliphatic rings. The summed E-state index contributed by atoms with van der Waals surface area (Å²) in [5, 5.41) is 0. The first-order chi connectivity index (χ1) is 9.06. The summed E-state index contributed by atoms with van der Waals surface area (Å²) in [7, 11) is 0. The Balaban J connectivity index is 1.95. The first-order valence-electron chi connectivity index (χ1n) is 6.70. The molecule has 0 bridgehead atoms. The highest BCUT2D eigenvalue weighted by molar-refractivity contribution is 5.81. The van der Waals surface area contributed by atoms with Gasteiger partial charge in [0.25, 0.3) is 5.91 Å². The van der Waals surface area contributed by atoms with Gasteiger partial charge in [-0.3, -0.25) is 4.79 Å². The SMILES string of the molecule is Cc1cccc(OC(C)C(=O)N2CCOC(C)C2)c1. The van der Waals surface area contributed by atoms with E-state index in [0.717, 1.165) is 11.3 Å². The summed E-state index contributed by atoms with van der Waals surface area (Å²) in [5.41, 5.74) is 1.12. The van der Waals surface area contributed by atoms with Crippen molar-refractivity contribution in [2.75, 3.05) is 19.7 Å². The molecule has 0 N–H and O–H groups in total. The van der Waals surface area contributed by atoms with Crippen LogP contribution in [0.1, 0.15) is 19.4 Å². The molecule has 0 aromatic heterocycles. The molecular weight excluding hydrogens is 242 g/mol. The molecule has 1 heterocycles. The van der Waals surface area contributed by atoms with Gasteiger partial charge < -0.3 is 14.4 Å². The number of aryl methyl sites for hydroxylation is 1. The van der Waals surface area contributed by atoms with Gasteiger partial charge in [-0.1, -0.05) is 12.1 Å². The summed E-state index contributed by atoms with van der Waals surface area (Å²) in [6.45, 7) is 7.66. The van der Waals surface area contributed by atoms with Crippen molar-refractivity contribution in [2.45, 2.75) is 33.0 Å². The molecule has 104 valence electrons. The maximum atomic E-state index is 12.3. The van der Waals surface area contributed by atoms with Crippen LogP contribution in [-0.2, 0) is 9.53 Å². The molecule has 4 heteroatoms. The van der Waals surface area contributed by atoms with Gasteiger partial charge in [0.1, 0.15) is 5.75 Å². The van der Waals surface area contributed by atoms with Crippen molar-refractivity contribution in [3.8, 4) is 5.75 Å². The van der Waals surface area contributed by atoms with Crippen molar-refractivity contribution in [2.24, 2.45) is 0 Å². The summed E-state index contributed by atoms with van der Waals surface area (Å²) in [5.74, 6) is 0.763. The van der Waals surface area contributed by atoms with Crippen LogP contribution in [0.4, 0.5) is 0 Å². The van der Waals surface area contributed by atoms with Crippen molar-refractivity contribution in [1.82, 2.24) is 4.90 Å². The summed E-state index contributed by atoms with van der Waals surface area (Å²) in [4.78, 5) is 14.1. The number of rotatable bonds is 3. The molecule has 0 radical (unpaired) electrons. The number of ether oxygens (including phenoxy) is 2. The van der Waals surface area contributed by atoms with Gasteiger partial charge in [-0.05, 0) is 38.5 Å². The number of hydrogen-bond donors (Lipinski definition) is 0. The second-order valence-electron chi connectivity index (χ2n) is 5.04. The van der Waals surface area contributed by atoms with Crippen LogP contribution in [-0.4, -0.2) is 42.7 Å². The second kappa shape index (κ2) is 6.06. The lowest BCUT2D eigenvalue weighted by molar-refractivity contribution is -0.144. The largest absolute Gasteiger partial charge is 0.481 e. The Bertz CT molecular complexity index is 447. The minimum Gasteiger partial charge on any atom is -0.481 e. The van der Waals surface area contributed by atoms with E-state index in [-0.39, 0.29) is 12.0 Å². The lowest BCUT2D eigenvalue weighted by Crippen LogP contribution is -2.49. The van der Waals surface area contributed by atoms with Gasteiger partial charge in [-0.2, -0.15) is 0 Å². The third kappa shape index (κ3) is 3.70. The Morgan fingerprint density at radius 1 is 1.53 bits per heavy atom.